The lowest BCUT2D eigenvalue weighted by Gasteiger charge is -2.11. The van der Waals surface area contributed by atoms with Gasteiger partial charge in [-0.1, -0.05) is 24.3 Å². The van der Waals surface area contributed by atoms with Gasteiger partial charge in [0.05, 0.1) is 0 Å². The molecule has 0 unspecified atom stereocenters. The smallest absolute Gasteiger partial charge is 0.213 e. The van der Waals surface area contributed by atoms with E-state index < -0.39 is 0 Å². The molecule has 0 saturated carbocycles. The zero-order chi connectivity index (χ0) is 13.7. The van der Waals surface area contributed by atoms with E-state index in [0.717, 1.165) is 10.6 Å². The molecular formula is C15H7NO2S2. The van der Waals surface area contributed by atoms with Gasteiger partial charge in [-0.3, -0.25) is 9.59 Å². The van der Waals surface area contributed by atoms with Gasteiger partial charge < -0.3 is 0 Å². The van der Waals surface area contributed by atoms with Crippen LogP contribution in [0.2, 0.25) is 0 Å². The SMILES string of the molecule is O=C1c2ccccc2C(=O)c2sc(-c3ccsc3)nc21. The van der Waals surface area contributed by atoms with Crippen molar-refractivity contribution in [1.82, 2.24) is 4.98 Å². The van der Waals surface area contributed by atoms with Crippen LogP contribution in [-0.4, -0.2) is 16.6 Å². The first-order valence-corrected chi connectivity index (χ1v) is 7.73. The largest absolute Gasteiger partial charge is 0.288 e. The highest BCUT2D eigenvalue weighted by Gasteiger charge is 2.33. The van der Waals surface area contributed by atoms with Crippen molar-refractivity contribution in [1.29, 1.82) is 0 Å². The summed E-state index contributed by atoms with van der Waals surface area (Å²) in [7, 11) is 0. The van der Waals surface area contributed by atoms with E-state index in [0.29, 0.717) is 21.7 Å². The van der Waals surface area contributed by atoms with Gasteiger partial charge in [0, 0.05) is 22.1 Å². The lowest BCUT2D eigenvalue weighted by atomic mass is 9.91. The van der Waals surface area contributed by atoms with Gasteiger partial charge >= 0.3 is 0 Å². The summed E-state index contributed by atoms with van der Waals surface area (Å²) in [6.07, 6.45) is 0. The van der Waals surface area contributed by atoms with E-state index in [4.69, 9.17) is 0 Å². The topological polar surface area (TPSA) is 47.0 Å². The fourth-order valence-electron chi connectivity index (χ4n) is 2.27. The van der Waals surface area contributed by atoms with Crippen molar-refractivity contribution in [2.24, 2.45) is 0 Å². The summed E-state index contributed by atoms with van der Waals surface area (Å²) in [4.78, 5) is 29.7. The van der Waals surface area contributed by atoms with E-state index in [1.54, 1.807) is 35.6 Å². The summed E-state index contributed by atoms with van der Waals surface area (Å²) >= 11 is 2.86. The summed E-state index contributed by atoms with van der Waals surface area (Å²) in [5, 5.41) is 4.64. The van der Waals surface area contributed by atoms with E-state index in [2.05, 4.69) is 4.98 Å². The summed E-state index contributed by atoms with van der Waals surface area (Å²) in [6.45, 7) is 0. The third-order valence-electron chi connectivity index (χ3n) is 3.23. The van der Waals surface area contributed by atoms with Gasteiger partial charge in [-0.25, -0.2) is 4.98 Å². The number of carbonyl (C=O) groups excluding carboxylic acids is 2. The molecule has 1 aromatic carbocycles. The number of hydrogen-bond donors (Lipinski definition) is 0. The van der Waals surface area contributed by atoms with Crippen molar-refractivity contribution < 1.29 is 9.59 Å². The minimum Gasteiger partial charge on any atom is -0.288 e. The fraction of sp³-hybridized carbons (Fsp3) is 0. The van der Waals surface area contributed by atoms with Crippen molar-refractivity contribution in [3.05, 3.63) is 62.8 Å². The van der Waals surface area contributed by atoms with Crippen LogP contribution in [-0.2, 0) is 0 Å². The predicted octanol–water partition coefficient (Wildman–Crippen LogP) is 3.65. The maximum Gasteiger partial charge on any atom is 0.213 e. The number of hydrogen-bond acceptors (Lipinski definition) is 5. The Hall–Kier alpha value is -2.11. The van der Waals surface area contributed by atoms with Crippen molar-refractivity contribution >= 4 is 34.2 Å². The predicted molar refractivity (Wildman–Crippen MR) is 78.7 cm³/mol. The zero-order valence-electron chi connectivity index (χ0n) is 10.1. The zero-order valence-corrected chi connectivity index (χ0v) is 11.8. The normalized spacial score (nSPS) is 13.2. The lowest BCUT2D eigenvalue weighted by molar-refractivity contribution is 0.0979. The lowest BCUT2D eigenvalue weighted by Crippen LogP contribution is -2.19. The van der Waals surface area contributed by atoms with Crippen molar-refractivity contribution in [3.8, 4) is 10.6 Å². The van der Waals surface area contributed by atoms with E-state index >= 15 is 0 Å². The molecule has 2 heterocycles. The van der Waals surface area contributed by atoms with Crippen LogP contribution >= 0.6 is 22.7 Å². The molecule has 0 fully saturated rings. The molecule has 0 saturated heterocycles. The molecule has 0 aliphatic heterocycles. The summed E-state index contributed by atoms with van der Waals surface area (Å²) < 4.78 is 0. The molecule has 0 atom stereocenters. The maximum absolute atomic E-state index is 12.5. The van der Waals surface area contributed by atoms with Crippen LogP contribution < -0.4 is 0 Å². The first kappa shape index (κ1) is 11.7. The Labute approximate surface area is 122 Å². The molecule has 1 aliphatic carbocycles. The Bertz CT molecular complexity index is 794. The van der Waals surface area contributed by atoms with Gasteiger partial charge in [0.25, 0.3) is 0 Å². The second-order valence-electron chi connectivity index (χ2n) is 4.41. The minimum absolute atomic E-state index is 0.103. The van der Waals surface area contributed by atoms with E-state index in [1.165, 1.54) is 11.3 Å². The highest BCUT2D eigenvalue weighted by molar-refractivity contribution is 7.18. The molecule has 4 rings (SSSR count). The summed E-state index contributed by atoms with van der Waals surface area (Å²) in [5.41, 5.74) is 2.18. The summed E-state index contributed by atoms with van der Waals surface area (Å²) in [6, 6.07) is 8.86. The van der Waals surface area contributed by atoms with Gasteiger partial charge in [0.1, 0.15) is 15.6 Å². The van der Waals surface area contributed by atoms with Crippen LogP contribution in [0.4, 0.5) is 0 Å². The van der Waals surface area contributed by atoms with Crippen LogP contribution in [0.3, 0.4) is 0 Å². The highest BCUT2D eigenvalue weighted by atomic mass is 32.1. The van der Waals surface area contributed by atoms with Crippen molar-refractivity contribution in [2.45, 2.75) is 0 Å². The Morgan fingerprint density at radius 2 is 1.70 bits per heavy atom. The van der Waals surface area contributed by atoms with Gasteiger partial charge in [-0.05, 0) is 11.4 Å². The van der Waals surface area contributed by atoms with Crippen LogP contribution in [0.5, 0.6) is 0 Å². The minimum atomic E-state index is -0.159. The molecule has 3 nitrogen and oxygen atoms in total. The molecule has 5 heteroatoms. The second-order valence-corrected chi connectivity index (χ2v) is 6.19. The molecule has 20 heavy (non-hydrogen) atoms. The van der Waals surface area contributed by atoms with Gasteiger partial charge in [-0.2, -0.15) is 11.3 Å². The molecule has 96 valence electrons. The Kier molecular flexibility index (Phi) is 2.45. The van der Waals surface area contributed by atoms with Crippen LogP contribution in [0, 0.1) is 0 Å². The molecule has 0 spiro atoms. The van der Waals surface area contributed by atoms with Gasteiger partial charge in [0.2, 0.25) is 11.6 Å². The Morgan fingerprint density at radius 1 is 0.950 bits per heavy atom. The molecule has 0 amide bonds. The molecular weight excluding hydrogens is 290 g/mol. The number of thiazole rings is 1. The third kappa shape index (κ3) is 1.54. The quantitative estimate of drug-likeness (QED) is 0.539. The number of rotatable bonds is 1. The number of nitrogens with zero attached hydrogens (tertiary/aromatic N) is 1. The Balaban J connectivity index is 1.94. The average Bonchev–Trinajstić information content (AvgIpc) is 3.13. The van der Waals surface area contributed by atoms with E-state index in [1.807, 2.05) is 16.8 Å². The number of fused-ring (bicyclic) bond motifs is 2. The maximum atomic E-state index is 12.5. The number of ketones is 2. The average molecular weight is 297 g/mol. The fourth-order valence-corrected chi connectivity index (χ4v) is 3.99. The molecule has 1 aliphatic rings. The number of carbonyl (C=O) groups is 2. The van der Waals surface area contributed by atoms with E-state index in [9.17, 15) is 9.59 Å². The Morgan fingerprint density at radius 3 is 2.40 bits per heavy atom. The monoisotopic (exact) mass is 297 g/mol. The standard InChI is InChI=1S/C15H7NO2S2/c17-12-9-3-1-2-4-10(9)13(18)14-11(12)16-15(20-14)8-5-6-19-7-8/h1-7H. The number of aromatic nitrogens is 1. The first-order valence-electron chi connectivity index (χ1n) is 5.97. The molecule has 3 aromatic rings. The van der Waals surface area contributed by atoms with Crippen LogP contribution in [0.1, 0.15) is 31.3 Å². The van der Waals surface area contributed by atoms with Crippen molar-refractivity contribution in [2.75, 3.05) is 0 Å². The molecule has 0 radical (unpaired) electrons. The molecule has 0 bridgehead atoms. The molecule has 2 aromatic heterocycles. The van der Waals surface area contributed by atoms with Crippen LogP contribution in [0.25, 0.3) is 10.6 Å². The van der Waals surface area contributed by atoms with Crippen molar-refractivity contribution in [3.63, 3.8) is 0 Å². The second kappa shape index (κ2) is 4.19. The van der Waals surface area contributed by atoms with Gasteiger partial charge in [0.15, 0.2) is 0 Å². The summed E-state index contributed by atoms with van der Waals surface area (Å²) in [5.74, 6) is -0.262. The van der Waals surface area contributed by atoms with Gasteiger partial charge in [-0.15, -0.1) is 11.3 Å². The first-order chi connectivity index (χ1) is 9.75. The highest BCUT2D eigenvalue weighted by Crippen LogP contribution is 2.35. The number of benzene rings is 1. The molecule has 0 N–H and O–H groups in total. The third-order valence-corrected chi connectivity index (χ3v) is 5.02. The van der Waals surface area contributed by atoms with Crippen LogP contribution in [0.15, 0.2) is 41.1 Å². The van der Waals surface area contributed by atoms with E-state index in [-0.39, 0.29) is 11.6 Å². The number of thiophene rings is 1.